The van der Waals surface area contributed by atoms with Crippen LogP contribution in [-0.4, -0.2) is 137 Å². The number of rotatable bonds is 20. The highest BCUT2D eigenvalue weighted by atomic mass is 35.5. The molecule has 0 aromatic rings. The molecule has 0 radical (unpaired) electrons. The molecule has 5 rings (SSSR count). The van der Waals surface area contributed by atoms with Crippen LogP contribution < -0.4 is 21.3 Å². The van der Waals surface area contributed by atoms with E-state index in [2.05, 4.69) is 21.3 Å². The Morgan fingerprint density at radius 3 is 0.951 bits per heavy atom. The Labute approximate surface area is 357 Å². The Morgan fingerprint density at radius 2 is 0.672 bits per heavy atom. The third-order valence-corrected chi connectivity index (χ3v) is 13.4. The SMILES string of the molecule is Cl.O=C(O)CCC1=C(CC(=O)O)C2CC3NC(CC4NC(CC5NC(CC1N2)C(CC(=O)O)C5CCC(=O)O)C(CC(=O)O)=C4CCC(=O)O)C(CC(=O)O)C3CCC(=O)O. The van der Waals surface area contributed by atoms with Gasteiger partial charge in [-0.25, -0.2) is 0 Å². The molecule has 61 heavy (non-hydrogen) atoms. The fourth-order valence-electron chi connectivity index (χ4n) is 11.2. The zero-order valence-corrected chi connectivity index (χ0v) is 34.3. The van der Waals surface area contributed by atoms with Crippen molar-refractivity contribution in [3.05, 3.63) is 22.3 Å². The minimum Gasteiger partial charge on any atom is -0.481 e. The van der Waals surface area contributed by atoms with Gasteiger partial charge < -0.3 is 62.1 Å². The van der Waals surface area contributed by atoms with E-state index < -0.39 is 133 Å². The maximum atomic E-state index is 12.4. The predicted octanol–water partition coefficient (Wildman–Crippen LogP) is 1.76. The van der Waals surface area contributed by atoms with Crippen molar-refractivity contribution in [2.75, 3.05) is 0 Å². The van der Waals surface area contributed by atoms with E-state index in [1.807, 2.05) is 0 Å². The van der Waals surface area contributed by atoms with Gasteiger partial charge in [-0.3, -0.25) is 38.4 Å². The van der Waals surface area contributed by atoms with E-state index in [1.54, 1.807) is 0 Å². The molecule has 12 unspecified atom stereocenters. The monoisotopic (exact) mass is 884 g/mol. The molecule has 340 valence electrons. The average molecular weight is 885 g/mol. The first-order chi connectivity index (χ1) is 28.3. The van der Waals surface area contributed by atoms with Gasteiger partial charge in [-0.05, 0) is 86.2 Å². The molecule has 21 heteroatoms. The van der Waals surface area contributed by atoms with Gasteiger partial charge in [-0.15, -0.1) is 12.4 Å². The second-order valence-corrected chi connectivity index (χ2v) is 17.0. The summed E-state index contributed by atoms with van der Waals surface area (Å²) < 4.78 is 0. The molecule has 0 aromatic carbocycles. The highest BCUT2D eigenvalue weighted by Gasteiger charge is 2.51. The molecule has 0 saturated carbocycles. The van der Waals surface area contributed by atoms with Crippen LogP contribution in [0, 0.1) is 23.7 Å². The highest BCUT2D eigenvalue weighted by Crippen LogP contribution is 2.45. The number of fused-ring (bicyclic) bond motifs is 8. The van der Waals surface area contributed by atoms with Crippen LogP contribution in [0.3, 0.4) is 0 Å². The quantitative estimate of drug-likeness (QED) is 0.0775. The van der Waals surface area contributed by atoms with Gasteiger partial charge in [-0.2, -0.15) is 0 Å². The van der Waals surface area contributed by atoms with E-state index in [-0.39, 0.29) is 102 Å². The summed E-state index contributed by atoms with van der Waals surface area (Å²) in [7, 11) is 0. The van der Waals surface area contributed by atoms with E-state index in [9.17, 15) is 79.2 Å². The predicted molar refractivity (Wildman–Crippen MR) is 213 cm³/mol. The molecule has 5 aliphatic rings. The van der Waals surface area contributed by atoms with Crippen LogP contribution in [0.25, 0.3) is 0 Å². The molecule has 0 aliphatic carbocycles. The highest BCUT2D eigenvalue weighted by molar-refractivity contribution is 5.85. The molecule has 5 heterocycles. The van der Waals surface area contributed by atoms with Crippen LogP contribution >= 0.6 is 12.4 Å². The molecule has 12 atom stereocenters. The van der Waals surface area contributed by atoms with Crippen LogP contribution in [0.1, 0.15) is 103 Å². The number of hydrogen-bond acceptors (Lipinski definition) is 12. The maximum Gasteiger partial charge on any atom is 0.307 e. The topological polar surface area (TPSA) is 347 Å². The molecule has 20 nitrogen and oxygen atoms in total. The zero-order chi connectivity index (χ0) is 44.0. The molecule has 0 amide bonds. The van der Waals surface area contributed by atoms with E-state index in [4.69, 9.17) is 0 Å². The Morgan fingerprint density at radius 1 is 0.377 bits per heavy atom. The Kier molecular flexibility index (Phi) is 17.2. The lowest BCUT2D eigenvalue weighted by Crippen LogP contribution is -2.46. The molecule has 8 bridgehead atoms. The summed E-state index contributed by atoms with van der Waals surface area (Å²) >= 11 is 0. The number of hydrogen-bond donors (Lipinski definition) is 12. The van der Waals surface area contributed by atoms with Crippen molar-refractivity contribution in [3.63, 3.8) is 0 Å². The average Bonchev–Trinajstić information content (AvgIpc) is 3.81. The molecular weight excluding hydrogens is 828 g/mol. The lowest BCUT2D eigenvalue weighted by atomic mass is 9.77. The zero-order valence-electron chi connectivity index (χ0n) is 33.5. The van der Waals surface area contributed by atoms with E-state index in [1.165, 1.54) is 0 Å². The van der Waals surface area contributed by atoms with Gasteiger partial charge in [0, 0.05) is 86.9 Å². The lowest BCUT2D eigenvalue weighted by Gasteiger charge is -2.29. The molecule has 3 saturated heterocycles. The summed E-state index contributed by atoms with van der Waals surface area (Å²) in [6.07, 6.45) is -2.25. The second kappa shape index (κ2) is 21.4. The standard InChI is InChI=1S/C40H56N4O16.ClH/c45-33(46)5-1-17-21(9-37(53)54)29-14-26-19(3-7-35(49)50)23(11-39(57)58)31(43-26)16-28-20(4-8-36(51)52)24(12-40(59)60)32(44-28)15-27-18(2-6-34(47)48)22(10-38(55)56)30(42-27)13-25(17)41-29;/h17,20-21,24-32,41-44H,1-16H2,(H,45,46)(H,47,48)(H,49,50)(H,51,52)(H,53,54)(H,55,56)(H,57,58)(H,59,60);1H. The summed E-state index contributed by atoms with van der Waals surface area (Å²) in [4.78, 5) is 97.4. The van der Waals surface area contributed by atoms with Gasteiger partial charge in [0.05, 0.1) is 12.8 Å². The Hall–Kier alpha value is -4.63. The number of halogens is 1. The first-order valence-electron chi connectivity index (χ1n) is 20.5. The van der Waals surface area contributed by atoms with Gasteiger partial charge in [0.1, 0.15) is 0 Å². The number of carbonyl (C=O) groups is 8. The van der Waals surface area contributed by atoms with E-state index in [0.29, 0.717) is 22.3 Å². The summed E-state index contributed by atoms with van der Waals surface area (Å²) in [5.74, 6) is -11.5. The third-order valence-electron chi connectivity index (χ3n) is 13.4. The van der Waals surface area contributed by atoms with Gasteiger partial charge >= 0.3 is 47.8 Å². The van der Waals surface area contributed by atoms with E-state index in [0.717, 1.165) is 0 Å². The first-order valence-corrected chi connectivity index (χ1v) is 20.5. The van der Waals surface area contributed by atoms with Crippen molar-refractivity contribution >= 4 is 60.2 Å². The number of carboxylic acid groups (broad SMARTS) is 8. The molecule has 0 aromatic heterocycles. The molecule has 0 spiro atoms. The largest absolute Gasteiger partial charge is 0.481 e. The molecule has 3 fully saturated rings. The van der Waals surface area contributed by atoms with E-state index >= 15 is 0 Å². The molecular formula is C40H57ClN4O16. The third kappa shape index (κ3) is 12.7. The van der Waals surface area contributed by atoms with Crippen molar-refractivity contribution < 1.29 is 79.2 Å². The van der Waals surface area contributed by atoms with Crippen molar-refractivity contribution in [1.82, 2.24) is 21.3 Å². The van der Waals surface area contributed by atoms with Gasteiger partial charge in [0.2, 0.25) is 0 Å². The van der Waals surface area contributed by atoms with Crippen LogP contribution in [0.2, 0.25) is 0 Å². The van der Waals surface area contributed by atoms with Crippen LogP contribution in [-0.2, 0) is 38.4 Å². The van der Waals surface area contributed by atoms with Crippen molar-refractivity contribution in [2.45, 2.75) is 151 Å². The maximum absolute atomic E-state index is 12.4. The Balaban J connectivity index is 0.00000819. The van der Waals surface area contributed by atoms with Gasteiger partial charge in [0.15, 0.2) is 0 Å². The number of carboxylic acids is 8. The second-order valence-electron chi connectivity index (χ2n) is 17.0. The summed E-state index contributed by atoms with van der Waals surface area (Å²) in [5, 5.41) is 93.6. The van der Waals surface area contributed by atoms with Gasteiger partial charge in [-0.1, -0.05) is 11.1 Å². The molecule has 5 aliphatic heterocycles. The number of nitrogens with one attached hydrogen (secondary N) is 4. The fraction of sp³-hybridized carbons (Fsp3) is 0.700. The van der Waals surface area contributed by atoms with Crippen LogP contribution in [0.4, 0.5) is 0 Å². The van der Waals surface area contributed by atoms with Crippen LogP contribution in [0.15, 0.2) is 22.3 Å². The first kappa shape index (κ1) is 49.0. The smallest absolute Gasteiger partial charge is 0.307 e. The van der Waals surface area contributed by atoms with Gasteiger partial charge in [0.25, 0.3) is 0 Å². The molecule has 12 N–H and O–H groups in total. The minimum atomic E-state index is -1.18. The summed E-state index contributed by atoms with van der Waals surface area (Å²) in [6.45, 7) is 0. The fourth-order valence-corrected chi connectivity index (χ4v) is 11.2. The summed E-state index contributed by atoms with van der Waals surface area (Å²) in [5.41, 5.74) is 1.92. The van der Waals surface area contributed by atoms with Crippen molar-refractivity contribution in [2.24, 2.45) is 23.7 Å². The van der Waals surface area contributed by atoms with Crippen LogP contribution in [0.5, 0.6) is 0 Å². The summed E-state index contributed by atoms with van der Waals surface area (Å²) in [6, 6.07) is -5.11. The number of aliphatic carboxylic acids is 8. The van der Waals surface area contributed by atoms with Crippen molar-refractivity contribution in [1.29, 1.82) is 0 Å². The minimum absolute atomic E-state index is 0. The van der Waals surface area contributed by atoms with Crippen molar-refractivity contribution in [3.8, 4) is 0 Å². The Bertz CT molecular complexity index is 1660. The lowest BCUT2D eigenvalue weighted by molar-refractivity contribution is -0.140. The normalized spacial score (nSPS) is 32.0.